The SMILES string of the molecule is O=C(O)CCC(NC(=O)N(CC(=O)O)NC(=O)Cc1ccccc1)C(=O)O. The molecule has 0 aromatic heterocycles. The van der Waals surface area contributed by atoms with Gasteiger partial charge in [-0.2, -0.15) is 0 Å². The fourth-order valence-corrected chi connectivity index (χ4v) is 2.02. The van der Waals surface area contributed by atoms with Crippen molar-refractivity contribution in [3.8, 4) is 0 Å². The first-order valence-corrected chi connectivity index (χ1v) is 7.77. The molecule has 11 heteroatoms. The summed E-state index contributed by atoms with van der Waals surface area (Å²) >= 11 is 0. The lowest BCUT2D eigenvalue weighted by Gasteiger charge is -2.24. The number of carboxylic acid groups (broad SMARTS) is 3. The Bertz CT molecular complexity index is 707. The van der Waals surface area contributed by atoms with Crippen molar-refractivity contribution >= 4 is 29.8 Å². The number of hydrogen-bond acceptors (Lipinski definition) is 5. The number of hydrogen-bond donors (Lipinski definition) is 5. The molecule has 0 saturated heterocycles. The smallest absolute Gasteiger partial charge is 0.337 e. The summed E-state index contributed by atoms with van der Waals surface area (Å²) < 4.78 is 0. The van der Waals surface area contributed by atoms with E-state index < -0.39 is 55.3 Å². The second-order valence-electron chi connectivity index (χ2n) is 5.45. The van der Waals surface area contributed by atoms with Gasteiger partial charge in [0.25, 0.3) is 0 Å². The van der Waals surface area contributed by atoms with Gasteiger partial charge in [0.05, 0.1) is 6.42 Å². The molecule has 1 rings (SSSR count). The minimum atomic E-state index is -1.56. The quantitative estimate of drug-likeness (QED) is 0.362. The van der Waals surface area contributed by atoms with Crippen LogP contribution in [-0.4, -0.2) is 62.8 Å². The maximum atomic E-state index is 12.2. The van der Waals surface area contributed by atoms with Crippen molar-refractivity contribution < 1.29 is 39.3 Å². The molecule has 0 bridgehead atoms. The maximum absolute atomic E-state index is 12.2. The summed E-state index contributed by atoms with van der Waals surface area (Å²) in [6, 6.07) is 5.72. The topological polar surface area (TPSA) is 173 Å². The number of nitrogens with one attached hydrogen (secondary N) is 2. The number of carbonyl (C=O) groups is 5. The molecule has 3 amide bonds. The number of carbonyl (C=O) groups excluding carboxylic acids is 2. The summed E-state index contributed by atoms with van der Waals surface area (Å²) in [5, 5.41) is 29.0. The molecule has 0 spiro atoms. The van der Waals surface area contributed by atoms with Gasteiger partial charge in [-0.3, -0.25) is 19.8 Å². The number of hydrazine groups is 1. The van der Waals surface area contributed by atoms with Crippen LogP contribution in [0.15, 0.2) is 30.3 Å². The van der Waals surface area contributed by atoms with E-state index in [1.807, 2.05) is 5.32 Å². The number of urea groups is 1. The van der Waals surface area contributed by atoms with Gasteiger partial charge in [0.2, 0.25) is 5.91 Å². The minimum absolute atomic E-state index is 0.133. The van der Waals surface area contributed by atoms with Gasteiger partial charge in [0, 0.05) is 6.42 Å². The Morgan fingerprint density at radius 1 is 0.963 bits per heavy atom. The second kappa shape index (κ2) is 10.4. The largest absolute Gasteiger partial charge is 0.481 e. The molecule has 1 aromatic carbocycles. The minimum Gasteiger partial charge on any atom is -0.481 e. The molecule has 0 aliphatic rings. The van der Waals surface area contributed by atoms with Gasteiger partial charge in [0.15, 0.2) is 0 Å². The van der Waals surface area contributed by atoms with E-state index in [0.29, 0.717) is 10.6 Å². The van der Waals surface area contributed by atoms with E-state index in [0.717, 1.165) is 0 Å². The summed E-state index contributed by atoms with van der Waals surface area (Å²) in [6.45, 7) is -0.919. The van der Waals surface area contributed by atoms with Crippen LogP contribution in [0.1, 0.15) is 18.4 Å². The predicted molar refractivity (Wildman–Crippen MR) is 89.5 cm³/mol. The highest BCUT2D eigenvalue weighted by atomic mass is 16.4. The molecule has 27 heavy (non-hydrogen) atoms. The number of rotatable bonds is 9. The summed E-state index contributed by atoms with van der Waals surface area (Å²) in [5.74, 6) is -4.87. The first-order valence-electron chi connectivity index (χ1n) is 7.77. The maximum Gasteiger partial charge on any atom is 0.337 e. The van der Waals surface area contributed by atoms with Crippen molar-refractivity contribution in [2.24, 2.45) is 0 Å². The van der Waals surface area contributed by atoms with Gasteiger partial charge in [-0.15, -0.1) is 0 Å². The number of benzene rings is 1. The number of amides is 3. The average Bonchev–Trinajstić information content (AvgIpc) is 2.57. The Morgan fingerprint density at radius 3 is 2.11 bits per heavy atom. The van der Waals surface area contributed by atoms with Gasteiger partial charge in [-0.05, 0) is 12.0 Å². The highest BCUT2D eigenvalue weighted by Crippen LogP contribution is 2.02. The summed E-state index contributed by atoms with van der Waals surface area (Å²) in [5.41, 5.74) is 2.72. The summed E-state index contributed by atoms with van der Waals surface area (Å²) in [6.07, 6.45) is -1.06. The Morgan fingerprint density at radius 2 is 1.59 bits per heavy atom. The standard InChI is InChI=1S/C16H19N3O8/c20-12(8-10-4-2-1-3-5-10)18-19(9-14(23)24)16(27)17-11(15(25)26)6-7-13(21)22/h1-5,11H,6-9H2,(H,17,27)(H,18,20)(H,21,22)(H,23,24)(H,25,26). The van der Waals surface area contributed by atoms with Crippen LogP contribution in [0.25, 0.3) is 0 Å². The Kier molecular flexibility index (Phi) is 8.23. The molecule has 5 N–H and O–H groups in total. The van der Waals surface area contributed by atoms with Crippen LogP contribution in [0.3, 0.4) is 0 Å². The van der Waals surface area contributed by atoms with Gasteiger partial charge in [-0.25, -0.2) is 14.6 Å². The van der Waals surface area contributed by atoms with Crippen LogP contribution in [-0.2, 0) is 25.6 Å². The lowest BCUT2D eigenvalue weighted by Crippen LogP contribution is -2.56. The molecular formula is C16H19N3O8. The molecule has 1 unspecified atom stereocenters. The van der Waals surface area contributed by atoms with E-state index >= 15 is 0 Å². The number of carboxylic acids is 3. The molecule has 0 heterocycles. The van der Waals surface area contributed by atoms with E-state index in [1.165, 1.54) is 0 Å². The van der Waals surface area contributed by atoms with Crippen molar-refractivity contribution in [3.05, 3.63) is 35.9 Å². The lowest BCUT2D eigenvalue weighted by molar-refractivity contribution is -0.140. The van der Waals surface area contributed by atoms with E-state index in [1.54, 1.807) is 30.3 Å². The van der Waals surface area contributed by atoms with Crippen LogP contribution >= 0.6 is 0 Å². The molecule has 0 fully saturated rings. The number of aliphatic carboxylic acids is 3. The van der Waals surface area contributed by atoms with E-state index in [4.69, 9.17) is 15.3 Å². The van der Waals surface area contributed by atoms with E-state index in [9.17, 15) is 24.0 Å². The van der Waals surface area contributed by atoms with Crippen molar-refractivity contribution in [3.63, 3.8) is 0 Å². The molecule has 0 aliphatic heterocycles. The van der Waals surface area contributed by atoms with Gasteiger partial charge < -0.3 is 20.6 Å². The summed E-state index contributed by atoms with van der Waals surface area (Å²) in [7, 11) is 0. The first-order chi connectivity index (χ1) is 12.7. The Hall–Kier alpha value is -3.63. The second-order valence-corrected chi connectivity index (χ2v) is 5.45. The monoisotopic (exact) mass is 381 g/mol. The zero-order valence-electron chi connectivity index (χ0n) is 14.1. The highest BCUT2D eigenvalue weighted by Gasteiger charge is 2.26. The zero-order valence-corrected chi connectivity index (χ0v) is 14.1. The van der Waals surface area contributed by atoms with Crippen molar-refractivity contribution in [2.45, 2.75) is 25.3 Å². The van der Waals surface area contributed by atoms with Crippen molar-refractivity contribution in [1.82, 2.24) is 15.8 Å². The van der Waals surface area contributed by atoms with Crippen LogP contribution in [0.2, 0.25) is 0 Å². The zero-order chi connectivity index (χ0) is 20.4. The van der Waals surface area contributed by atoms with Gasteiger partial charge in [-0.1, -0.05) is 30.3 Å². The third-order valence-corrected chi connectivity index (χ3v) is 3.25. The van der Waals surface area contributed by atoms with Gasteiger partial charge in [0.1, 0.15) is 12.6 Å². The van der Waals surface area contributed by atoms with Crippen molar-refractivity contribution in [2.75, 3.05) is 6.54 Å². The molecular weight excluding hydrogens is 362 g/mol. The lowest BCUT2D eigenvalue weighted by atomic mass is 10.1. The Labute approximate surface area is 153 Å². The molecule has 1 aromatic rings. The normalized spacial score (nSPS) is 11.1. The van der Waals surface area contributed by atoms with Crippen LogP contribution in [0.4, 0.5) is 4.79 Å². The predicted octanol–water partition coefficient (Wildman–Crippen LogP) is -0.325. The van der Waals surface area contributed by atoms with Gasteiger partial charge >= 0.3 is 23.9 Å². The number of nitrogens with zero attached hydrogens (tertiary/aromatic N) is 1. The third-order valence-electron chi connectivity index (χ3n) is 3.25. The molecule has 0 aliphatic carbocycles. The average molecular weight is 381 g/mol. The fraction of sp³-hybridized carbons (Fsp3) is 0.312. The first kappa shape index (κ1) is 21.4. The highest BCUT2D eigenvalue weighted by molar-refractivity contribution is 5.87. The molecule has 1 atom stereocenters. The van der Waals surface area contributed by atoms with E-state index in [-0.39, 0.29) is 6.42 Å². The summed E-state index contributed by atoms with van der Waals surface area (Å²) in [4.78, 5) is 56.8. The van der Waals surface area contributed by atoms with Crippen LogP contribution in [0, 0.1) is 0 Å². The molecule has 0 radical (unpaired) electrons. The third kappa shape index (κ3) is 8.34. The van der Waals surface area contributed by atoms with Crippen molar-refractivity contribution in [1.29, 1.82) is 0 Å². The van der Waals surface area contributed by atoms with Crippen LogP contribution in [0.5, 0.6) is 0 Å². The molecule has 11 nitrogen and oxygen atoms in total. The van der Waals surface area contributed by atoms with Crippen LogP contribution < -0.4 is 10.7 Å². The molecule has 0 saturated carbocycles. The Balaban J connectivity index is 2.76. The molecule has 146 valence electrons. The van der Waals surface area contributed by atoms with E-state index in [2.05, 4.69) is 5.43 Å². The fourth-order valence-electron chi connectivity index (χ4n) is 2.02.